The van der Waals surface area contributed by atoms with Crippen molar-refractivity contribution in [1.29, 1.82) is 0 Å². The number of amides is 1. The largest absolute Gasteiger partial charge is 0.493 e. The number of unbranched alkanes of at least 4 members (excludes halogenated alkanes) is 1. The fourth-order valence-electron chi connectivity index (χ4n) is 1.81. The van der Waals surface area contributed by atoms with E-state index in [1.807, 2.05) is 24.3 Å². The zero-order chi connectivity index (χ0) is 15.0. The van der Waals surface area contributed by atoms with Gasteiger partial charge in [0, 0.05) is 13.3 Å². The van der Waals surface area contributed by atoms with Crippen LogP contribution >= 0.6 is 0 Å². The van der Waals surface area contributed by atoms with Crippen LogP contribution in [0.25, 0.3) is 0 Å². The van der Waals surface area contributed by atoms with Crippen LogP contribution in [-0.2, 0) is 16.0 Å². The van der Waals surface area contributed by atoms with Crippen LogP contribution in [0.2, 0.25) is 0 Å². The molecular weight excluding hydrogens is 258 g/mol. The van der Waals surface area contributed by atoms with Crippen LogP contribution in [0.15, 0.2) is 24.3 Å². The molecule has 0 aromatic heterocycles. The summed E-state index contributed by atoms with van der Waals surface area (Å²) in [6.07, 6.45) is 2.19. The first-order valence-electron chi connectivity index (χ1n) is 6.75. The monoisotopic (exact) mass is 279 g/mol. The Hall–Kier alpha value is -2.04. The molecule has 20 heavy (non-hydrogen) atoms. The first kappa shape index (κ1) is 16.0. The van der Waals surface area contributed by atoms with E-state index in [1.54, 1.807) is 0 Å². The summed E-state index contributed by atoms with van der Waals surface area (Å²) in [5.74, 6) is -0.733. The fourth-order valence-corrected chi connectivity index (χ4v) is 1.81. The Morgan fingerprint density at radius 1 is 1.35 bits per heavy atom. The smallest absolute Gasteiger partial charge is 0.326 e. The second-order valence-corrected chi connectivity index (χ2v) is 4.61. The molecule has 5 heteroatoms. The van der Waals surface area contributed by atoms with E-state index in [2.05, 4.69) is 12.2 Å². The minimum absolute atomic E-state index is 0.206. The van der Waals surface area contributed by atoms with Gasteiger partial charge in [-0.2, -0.15) is 0 Å². The lowest BCUT2D eigenvalue weighted by Gasteiger charge is -2.16. The SMILES string of the molecule is CCCCOc1ccccc1CC(NC(C)=O)C(=O)O. The van der Waals surface area contributed by atoms with E-state index < -0.39 is 12.0 Å². The Labute approximate surface area is 118 Å². The number of hydrogen-bond acceptors (Lipinski definition) is 3. The Balaban J connectivity index is 2.78. The molecule has 0 fully saturated rings. The van der Waals surface area contributed by atoms with Gasteiger partial charge in [0.05, 0.1) is 6.61 Å². The topological polar surface area (TPSA) is 75.6 Å². The maximum Gasteiger partial charge on any atom is 0.326 e. The molecule has 5 nitrogen and oxygen atoms in total. The minimum Gasteiger partial charge on any atom is -0.493 e. The van der Waals surface area contributed by atoms with Crippen molar-refractivity contribution in [2.45, 2.75) is 39.2 Å². The molecule has 0 bridgehead atoms. The van der Waals surface area contributed by atoms with Crippen molar-refractivity contribution >= 4 is 11.9 Å². The predicted octanol–water partition coefficient (Wildman–Crippen LogP) is 2.00. The van der Waals surface area contributed by atoms with Crippen molar-refractivity contribution in [3.8, 4) is 5.75 Å². The molecule has 0 aliphatic rings. The van der Waals surface area contributed by atoms with Crippen molar-refractivity contribution in [3.63, 3.8) is 0 Å². The summed E-state index contributed by atoms with van der Waals surface area (Å²) in [6, 6.07) is 6.37. The van der Waals surface area contributed by atoms with Gasteiger partial charge in [0.25, 0.3) is 0 Å². The summed E-state index contributed by atoms with van der Waals surface area (Å²) in [5, 5.41) is 11.6. The number of benzene rings is 1. The molecule has 1 aromatic carbocycles. The van der Waals surface area contributed by atoms with Gasteiger partial charge in [0.15, 0.2) is 0 Å². The third-order valence-electron chi connectivity index (χ3n) is 2.83. The third-order valence-corrected chi connectivity index (χ3v) is 2.83. The van der Waals surface area contributed by atoms with Crippen LogP contribution in [0.4, 0.5) is 0 Å². The van der Waals surface area contributed by atoms with Gasteiger partial charge in [-0.1, -0.05) is 31.5 Å². The summed E-state index contributed by atoms with van der Waals surface area (Å²) >= 11 is 0. The summed E-state index contributed by atoms with van der Waals surface area (Å²) in [5.41, 5.74) is 0.782. The molecule has 1 rings (SSSR count). The molecular formula is C15H21NO4. The highest BCUT2D eigenvalue weighted by Gasteiger charge is 2.20. The number of ether oxygens (including phenoxy) is 1. The Morgan fingerprint density at radius 3 is 2.65 bits per heavy atom. The maximum absolute atomic E-state index is 11.2. The summed E-state index contributed by atoms with van der Waals surface area (Å²) in [7, 11) is 0. The number of rotatable bonds is 8. The van der Waals surface area contributed by atoms with Gasteiger partial charge in [0.2, 0.25) is 5.91 Å². The summed E-state index contributed by atoms with van der Waals surface area (Å²) < 4.78 is 5.66. The maximum atomic E-state index is 11.2. The van der Waals surface area contributed by atoms with Crippen LogP contribution in [0.5, 0.6) is 5.75 Å². The normalized spacial score (nSPS) is 11.7. The van der Waals surface area contributed by atoms with Gasteiger partial charge in [-0.25, -0.2) is 4.79 Å². The van der Waals surface area contributed by atoms with Gasteiger partial charge in [-0.3, -0.25) is 4.79 Å². The zero-order valence-electron chi connectivity index (χ0n) is 11.9. The van der Waals surface area contributed by atoms with Gasteiger partial charge < -0.3 is 15.2 Å². The standard InChI is InChI=1S/C15H21NO4/c1-3-4-9-20-14-8-6-5-7-12(14)10-13(15(18)19)16-11(2)17/h5-8,13H,3-4,9-10H2,1-2H3,(H,16,17)(H,18,19). The highest BCUT2D eigenvalue weighted by molar-refractivity contribution is 5.82. The van der Waals surface area contributed by atoms with Crippen LogP contribution in [-0.4, -0.2) is 29.6 Å². The molecule has 0 radical (unpaired) electrons. The first-order valence-corrected chi connectivity index (χ1v) is 6.75. The molecule has 0 aliphatic heterocycles. The van der Waals surface area contributed by atoms with E-state index >= 15 is 0 Å². The zero-order valence-corrected chi connectivity index (χ0v) is 11.9. The lowest BCUT2D eigenvalue weighted by atomic mass is 10.0. The van der Waals surface area contributed by atoms with Crippen molar-refractivity contribution in [2.24, 2.45) is 0 Å². The molecule has 1 amide bonds. The van der Waals surface area contributed by atoms with Crippen molar-refractivity contribution in [2.75, 3.05) is 6.61 Å². The Morgan fingerprint density at radius 2 is 2.05 bits per heavy atom. The molecule has 1 atom stereocenters. The molecule has 0 heterocycles. The molecule has 0 saturated carbocycles. The second kappa shape index (κ2) is 8.19. The molecule has 0 spiro atoms. The van der Waals surface area contributed by atoms with Crippen LogP contribution in [0.3, 0.4) is 0 Å². The van der Waals surface area contributed by atoms with Crippen molar-refractivity contribution in [3.05, 3.63) is 29.8 Å². The van der Waals surface area contributed by atoms with Gasteiger partial charge in [-0.15, -0.1) is 0 Å². The first-order chi connectivity index (χ1) is 9.54. The number of hydrogen-bond donors (Lipinski definition) is 2. The number of carbonyl (C=O) groups excluding carboxylic acids is 1. The van der Waals surface area contributed by atoms with E-state index in [-0.39, 0.29) is 12.3 Å². The predicted molar refractivity (Wildman–Crippen MR) is 75.8 cm³/mol. The lowest BCUT2D eigenvalue weighted by molar-refractivity contribution is -0.141. The fraction of sp³-hybridized carbons (Fsp3) is 0.467. The summed E-state index contributed by atoms with van der Waals surface area (Å²) in [6.45, 7) is 3.98. The van der Waals surface area contributed by atoms with Gasteiger partial charge in [0.1, 0.15) is 11.8 Å². The third kappa shape index (κ3) is 5.30. The van der Waals surface area contributed by atoms with E-state index in [0.29, 0.717) is 12.4 Å². The summed E-state index contributed by atoms with van der Waals surface area (Å²) in [4.78, 5) is 22.2. The van der Waals surface area contributed by atoms with Crippen molar-refractivity contribution < 1.29 is 19.4 Å². The second-order valence-electron chi connectivity index (χ2n) is 4.61. The number of para-hydroxylation sites is 1. The van der Waals surface area contributed by atoms with Crippen LogP contribution in [0, 0.1) is 0 Å². The average Bonchev–Trinajstić information content (AvgIpc) is 2.39. The Kier molecular flexibility index (Phi) is 6.56. The Bertz CT molecular complexity index is 459. The van der Waals surface area contributed by atoms with Crippen molar-refractivity contribution in [1.82, 2.24) is 5.32 Å². The lowest BCUT2D eigenvalue weighted by Crippen LogP contribution is -2.41. The number of carbonyl (C=O) groups is 2. The minimum atomic E-state index is -1.05. The van der Waals surface area contributed by atoms with Crippen LogP contribution in [0.1, 0.15) is 32.3 Å². The highest BCUT2D eigenvalue weighted by atomic mass is 16.5. The van der Waals surface area contributed by atoms with Gasteiger partial charge >= 0.3 is 5.97 Å². The molecule has 1 unspecified atom stereocenters. The molecule has 0 aliphatic carbocycles. The quantitative estimate of drug-likeness (QED) is 0.714. The highest BCUT2D eigenvalue weighted by Crippen LogP contribution is 2.20. The molecule has 2 N–H and O–H groups in total. The van der Waals surface area contributed by atoms with Gasteiger partial charge in [-0.05, 0) is 18.1 Å². The van der Waals surface area contributed by atoms with E-state index in [0.717, 1.165) is 18.4 Å². The molecule has 0 saturated heterocycles. The number of carboxylic acids is 1. The number of nitrogens with one attached hydrogen (secondary N) is 1. The number of carboxylic acid groups (broad SMARTS) is 1. The van der Waals surface area contributed by atoms with E-state index in [9.17, 15) is 9.59 Å². The van der Waals surface area contributed by atoms with E-state index in [1.165, 1.54) is 6.92 Å². The molecule has 1 aromatic rings. The molecule has 110 valence electrons. The van der Waals surface area contributed by atoms with Crippen LogP contribution < -0.4 is 10.1 Å². The van der Waals surface area contributed by atoms with E-state index in [4.69, 9.17) is 9.84 Å². The average molecular weight is 279 g/mol. The number of aliphatic carboxylic acids is 1.